The Morgan fingerprint density at radius 2 is 1.68 bits per heavy atom. The molecule has 0 saturated heterocycles. The Balaban J connectivity index is 1.80. The molecule has 0 aliphatic rings. The molecule has 5 nitrogen and oxygen atoms in total. The molecule has 0 radical (unpaired) electrons. The third kappa shape index (κ3) is 4.30. The summed E-state index contributed by atoms with van der Waals surface area (Å²) in [6, 6.07) is 19.8. The second kappa shape index (κ2) is 8.47. The van der Waals surface area contributed by atoms with Crippen molar-refractivity contribution in [3.63, 3.8) is 0 Å². The van der Waals surface area contributed by atoms with Crippen LogP contribution in [-0.2, 0) is 0 Å². The average molecular weight is 475 g/mol. The van der Waals surface area contributed by atoms with Crippen molar-refractivity contribution in [2.45, 2.75) is 27.7 Å². The predicted molar refractivity (Wildman–Crippen MR) is 128 cm³/mol. The Morgan fingerprint density at radius 3 is 2.39 bits per heavy atom. The molecule has 1 amide bonds. The van der Waals surface area contributed by atoms with Crippen molar-refractivity contribution in [3.8, 4) is 17.1 Å². The zero-order chi connectivity index (χ0) is 22.1. The molecule has 0 bridgehead atoms. The van der Waals surface area contributed by atoms with Crippen LogP contribution in [0.25, 0.3) is 17.1 Å². The van der Waals surface area contributed by atoms with Crippen molar-refractivity contribution in [3.05, 3.63) is 93.2 Å². The quantitative estimate of drug-likeness (QED) is 0.383. The highest BCUT2D eigenvalue weighted by molar-refractivity contribution is 9.10. The maximum absolute atomic E-state index is 13.0. The number of aryl methyl sites for hydroxylation is 3. The second-order valence-corrected chi connectivity index (χ2v) is 8.58. The van der Waals surface area contributed by atoms with Gasteiger partial charge in [0.15, 0.2) is 5.82 Å². The SMILES string of the molecule is Cc1ccc(-c2nc(C(=O)Nc3ccc(Br)cc3C)nn2-c2cccc(C)c2C)cc1. The van der Waals surface area contributed by atoms with E-state index in [1.807, 2.05) is 68.4 Å². The number of hydrogen-bond acceptors (Lipinski definition) is 3. The lowest BCUT2D eigenvalue weighted by Gasteiger charge is -2.11. The van der Waals surface area contributed by atoms with Crippen LogP contribution in [0.2, 0.25) is 0 Å². The summed E-state index contributed by atoms with van der Waals surface area (Å²) in [4.78, 5) is 17.7. The van der Waals surface area contributed by atoms with Crippen LogP contribution in [0.3, 0.4) is 0 Å². The summed E-state index contributed by atoms with van der Waals surface area (Å²) in [5.74, 6) is 0.410. The number of nitrogens with zero attached hydrogens (tertiary/aromatic N) is 3. The largest absolute Gasteiger partial charge is 0.319 e. The standard InChI is InChI=1S/C25H23BrN4O/c1-15-8-10-19(11-9-15)24-28-23(25(31)27-21-13-12-20(26)14-17(21)3)29-30(24)22-7-5-6-16(2)18(22)4/h5-14H,1-4H3,(H,27,31). The van der Waals surface area contributed by atoms with Crippen LogP contribution >= 0.6 is 15.9 Å². The van der Waals surface area contributed by atoms with E-state index in [0.717, 1.165) is 43.7 Å². The van der Waals surface area contributed by atoms with Crippen LogP contribution in [-0.4, -0.2) is 20.7 Å². The molecular weight excluding hydrogens is 452 g/mol. The van der Waals surface area contributed by atoms with E-state index in [-0.39, 0.29) is 11.7 Å². The number of nitrogens with one attached hydrogen (secondary N) is 1. The van der Waals surface area contributed by atoms with Crippen LogP contribution < -0.4 is 5.32 Å². The van der Waals surface area contributed by atoms with Gasteiger partial charge in [-0.05, 0) is 68.7 Å². The Bertz CT molecular complexity index is 1280. The van der Waals surface area contributed by atoms with E-state index in [1.165, 1.54) is 0 Å². The van der Waals surface area contributed by atoms with Crippen LogP contribution in [0.1, 0.15) is 32.9 Å². The monoisotopic (exact) mass is 474 g/mol. The van der Waals surface area contributed by atoms with Gasteiger partial charge in [0, 0.05) is 15.7 Å². The van der Waals surface area contributed by atoms with E-state index in [1.54, 1.807) is 4.68 Å². The molecule has 0 saturated carbocycles. The summed E-state index contributed by atoms with van der Waals surface area (Å²) in [6.07, 6.45) is 0. The minimum absolute atomic E-state index is 0.124. The molecule has 4 aromatic rings. The van der Waals surface area contributed by atoms with Crippen LogP contribution in [0.4, 0.5) is 5.69 Å². The van der Waals surface area contributed by atoms with E-state index in [2.05, 4.69) is 51.2 Å². The van der Waals surface area contributed by atoms with Gasteiger partial charge in [-0.3, -0.25) is 4.79 Å². The third-order valence-electron chi connectivity index (χ3n) is 5.36. The van der Waals surface area contributed by atoms with Crippen LogP contribution in [0.5, 0.6) is 0 Å². The first-order valence-corrected chi connectivity index (χ1v) is 10.8. The smallest absolute Gasteiger partial charge is 0.295 e. The Labute approximate surface area is 190 Å². The van der Waals surface area contributed by atoms with E-state index in [9.17, 15) is 4.79 Å². The lowest BCUT2D eigenvalue weighted by atomic mass is 10.1. The van der Waals surface area contributed by atoms with Gasteiger partial charge in [0.25, 0.3) is 5.91 Å². The summed E-state index contributed by atoms with van der Waals surface area (Å²) in [7, 11) is 0. The number of amides is 1. The van der Waals surface area contributed by atoms with Crippen molar-refractivity contribution in [2.24, 2.45) is 0 Å². The average Bonchev–Trinajstić information content (AvgIpc) is 3.18. The lowest BCUT2D eigenvalue weighted by molar-refractivity contribution is 0.101. The summed E-state index contributed by atoms with van der Waals surface area (Å²) < 4.78 is 2.72. The lowest BCUT2D eigenvalue weighted by Crippen LogP contribution is -2.15. The number of benzene rings is 3. The summed E-state index contributed by atoms with van der Waals surface area (Å²) >= 11 is 3.45. The normalized spacial score (nSPS) is 10.9. The molecule has 156 valence electrons. The zero-order valence-corrected chi connectivity index (χ0v) is 19.5. The van der Waals surface area contributed by atoms with Gasteiger partial charge in [0.05, 0.1) is 5.69 Å². The third-order valence-corrected chi connectivity index (χ3v) is 5.85. The maximum Gasteiger partial charge on any atom is 0.295 e. The number of anilines is 1. The Kier molecular flexibility index (Phi) is 5.74. The van der Waals surface area contributed by atoms with Gasteiger partial charge in [-0.2, -0.15) is 0 Å². The van der Waals surface area contributed by atoms with Gasteiger partial charge in [0.1, 0.15) is 0 Å². The highest BCUT2D eigenvalue weighted by Crippen LogP contribution is 2.26. The number of halogens is 1. The molecule has 3 aromatic carbocycles. The van der Waals surface area contributed by atoms with Crippen molar-refractivity contribution in [1.29, 1.82) is 0 Å². The van der Waals surface area contributed by atoms with E-state index < -0.39 is 0 Å². The molecule has 1 heterocycles. The first-order chi connectivity index (χ1) is 14.8. The fraction of sp³-hybridized carbons (Fsp3) is 0.160. The maximum atomic E-state index is 13.0. The Hall–Kier alpha value is -3.25. The number of carbonyl (C=O) groups is 1. The number of rotatable bonds is 4. The van der Waals surface area contributed by atoms with Crippen molar-refractivity contribution >= 4 is 27.5 Å². The molecule has 6 heteroatoms. The van der Waals surface area contributed by atoms with Crippen LogP contribution in [0.15, 0.2) is 65.1 Å². The fourth-order valence-electron chi connectivity index (χ4n) is 3.38. The van der Waals surface area contributed by atoms with Crippen molar-refractivity contribution in [1.82, 2.24) is 14.8 Å². The summed E-state index contributed by atoms with van der Waals surface area (Å²) in [6.45, 7) is 8.10. The molecule has 0 fully saturated rings. The fourth-order valence-corrected chi connectivity index (χ4v) is 3.85. The first-order valence-electron chi connectivity index (χ1n) is 10.0. The summed E-state index contributed by atoms with van der Waals surface area (Å²) in [5, 5.41) is 7.54. The number of aromatic nitrogens is 3. The minimum Gasteiger partial charge on any atom is -0.319 e. The molecule has 0 aliphatic carbocycles. The van der Waals surface area contributed by atoms with E-state index >= 15 is 0 Å². The second-order valence-electron chi connectivity index (χ2n) is 7.67. The molecule has 1 N–H and O–H groups in total. The first kappa shape index (κ1) is 21.0. The van der Waals surface area contributed by atoms with Gasteiger partial charge in [-0.25, -0.2) is 9.67 Å². The molecule has 0 aliphatic heterocycles. The van der Waals surface area contributed by atoms with Gasteiger partial charge in [-0.1, -0.05) is 57.9 Å². The molecule has 31 heavy (non-hydrogen) atoms. The molecule has 4 rings (SSSR count). The molecule has 0 unspecified atom stereocenters. The Morgan fingerprint density at radius 1 is 0.935 bits per heavy atom. The molecule has 1 aromatic heterocycles. The van der Waals surface area contributed by atoms with Crippen molar-refractivity contribution in [2.75, 3.05) is 5.32 Å². The van der Waals surface area contributed by atoms with Gasteiger partial charge in [-0.15, -0.1) is 5.10 Å². The van der Waals surface area contributed by atoms with E-state index in [0.29, 0.717) is 5.82 Å². The summed E-state index contributed by atoms with van der Waals surface area (Å²) in [5.41, 5.74) is 6.89. The minimum atomic E-state index is -0.345. The topological polar surface area (TPSA) is 59.8 Å². The molecule has 0 atom stereocenters. The predicted octanol–water partition coefficient (Wildman–Crippen LogP) is 6.18. The van der Waals surface area contributed by atoms with Gasteiger partial charge in [0.2, 0.25) is 5.82 Å². The van der Waals surface area contributed by atoms with Crippen LogP contribution in [0, 0.1) is 27.7 Å². The highest BCUT2D eigenvalue weighted by Gasteiger charge is 2.20. The van der Waals surface area contributed by atoms with Crippen molar-refractivity contribution < 1.29 is 4.79 Å². The van der Waals surface area contributed by atoms with E-state index in [4.69, 9.17) is 0 Å². The zero-order valence-electron chi connectivity index (χ0n) is 17.9. The van der Waals surface area contributed by atoms with Gasteiger partial charge >= 0.3 is 0 Å². The number of carbonyl (C=O) groups excluding carboxylic acids is 1. The molecule has 0 spiro atoms. The highest BCUT2D eigenvalue weighted by atomic mass is 79.9. The van der Waals surface area contributed by atoms with Gasteiger partial charge < -0.3 is 5.32 Å². The molecular formula is C25H23BrN4O. The number of hydrogen-bond donors (Lipinski definition) is 1.